The number of nitrogens with two attached hydrogens (primary N) is 1. The second-order valence-corrected chi connectivity index (χ2v) is 4.21. The first-order valence-electron chi connectivity index (χ1n) is 6.36. The Hall–Kier alpha value is -0.830. The summed E-state index contributed by atoms with van der Waals surface area (Å²) in [6, 6.07) is 0. The Morgan fingerprint density at radius 3 is 1.88 bits per heavy atom. The molecule has 1 rings (SSSR count). The summed E-state index contributed by atoms with van der Waals surface area (Å²) in [5.41, 5.74) is 6.36. The Labute approximate surface area is 99.9 Å². The highest BCUT2D eigenvalue weighted by Gasteiger charge is 2.28. The van der Waals surface area contributed by atoms with E-state index in [1.54, 1.807) is 18.7 Å². The smallest absolute Gasteiger partial charge is 0.0919 e. The van der Waals surface area contributed by atoms with Crippen LogP contribution in [0.3, 0.4) is 0 Å². The predicted molar refractivity (Wildman–Crippen MR) is 70.2 cm³/mol. The van der Waals surface area contributed by atoms with Crippen LogP contribution in [0.5, 0.6) is 0 Å². The van der Waals surface area contributed by atoms with Crippen molar-refractivity contribution in [3.8, 4) is 0 Å². The summed E-state index contributed by atoms with van der Waals surface area (Å²) >= 11 is 0. The second kappa shape index (κ2) is 8.34. The summed E-state index contributed by atoms with van der Waals surface area (Å²) in [4.78, 5) is 6.42. The van der Waals surface area contributed by atoms with Gasteiger partial charge in [0.25, 0.3) is 0 Å². The van der Waals surface area contributed by atoms with Gasteiger partial charge in [-0.2, -0.15) is 0 Å². The minimum atomic E-state index is 0.101. The van der Waals surface area contributed by atoms with E-state index in [0.717, 1.165) is 12.8 Å². The molecule has 0 fully saturated rings. The van der Waals surface area contributed by atoms with Crippen LogP contribution in [-0.4, -0.2) is 15.5 Å². The zero-order valence-corrected chi connectivity index (χ0v) is 11.2. The summed E-state index contributed by atoms with van der Waals surface area (Å²) in [7, 11) is 0. The number of hydrogen-bond acceptors (Lipinski definition) is 2. The molecule has 0 aromatic carbocycles. The van der Waals surface area contributed by atoms with Crippen LogP contribution < -0.4 is 5.73 Å². The molecule has 16 heavy (non-hydrogen) atoms. The molecule has 3 N–H and O–H groups in total. The first-order chi connectivity index (χ1) is 7.64. The molecule has 3 nitrogen and oxygen atoms in total. The third-order valence-electron chi connectivity index (χ3n) is 3.52. The summed E-state index contributed by atoms with van der Waals surface area (Å²) in [5.74, 6) is 0.706. The highest BCUT2D eigenvalue weighted by Crippen LogP contribution is 2.27. The van der Waals surface area contributed by atoms with Crippen LogP contribution in [0.2, 0.25) is 0 Å². The van der Waals surface area contributed by atoms with E-state index < -0.39 is 0 Å². The molecule has 3 heteroatoms. The molecule has 0 aliphatic carbocycles. The van der Waals surface area contributed by atoms with Crippen LogP contribution in [0.4, 0.5) is 0 Å². The molecule has 0 unspecified atom stereocenters. The maximum absolute atomic E-state index is 6.26. The first-order valence-corrected chi connectivity index (χ1v) is 6.36. The van der Waals surface area contributed by atoms with Crippen molar-refractivity contribution in [2.24, 2.45) is 11.7 Å². The standard InChI is InChI=1S/C10H23N.C3H4N2/c1-5-9(6-2)10(11,7-3)8-4;1-2-5-3-4-1/h9H,5-8,11H2,1-4H3;1-3H,(H,4,5). The lowest BCUT2D eigenvalue weighted by Crippen LogP contribution is -2.45. The van der Waals surface area contributed by atoms with E-state index in [1.165, 1.54) is 12.8 Å². The number of H-pyrrole nitrogens is 1. The Kier molecular flexibility index (Phi) is 7.90. The largest absolute Gasteiger partial charge is 0.351 e. The Morgan fingerprint density at radius 2 is 1.75 bits per heavy atom. The molecular formula is C13H27N3. The summed E-state index contributed by atoms with van der Waals surface area (Å²) in [6.07, 6.45) is 9.73. The number of imidazole rings is 1. The fraction of sp³-hybridized carbons (Fsp3) is 0.769. The van der Waals surface area contributed by atoms with Crippen LogP contribution in [0.25, 0.3) is 0 Å². The zero-order chi connectivity index (χ0) is 12.4. The van der Waals surface area contributed by atoms with Gasteiger partial charge in [-0.15, -0.1) is 0 Å². The van der Waals surface area contributed by atoms with Gasteiger partial charge in [-0.1, -0.05) is 40.5 Å². The maximum atomic E-state index is 6.26. The van der Waals surface area contributed by atoms with Gasteiger partial charge in [0, 0.05) is 17.9 Å². The topological polar surface area (TPSA) is 54.7 Å². The number of nitrogens with one attached hydrogen (secondary N) is 1. The van der Waals surface area contributed by atoms with Gasteiger partial charge in [0.2, 0.25) is 0 Å². The van der Waals surface area contributed by atoms with Gasteiger partial charge in [0.15, 0.2) is 0 Å². The van der Waals surface area contributed by atoms with Crippen molar-refractivity contribution in [1.82, 2.24) is 9.97 Å². The maximum Gasteiger partial charge on any atom is 0.0919 e. The van der Waals surface area contributed by atoms with Crippen molar-refractivity contribution >= 4 is 0 Å². The van der Waals surface area contributed by atoms with Gasteiger partial charge >= 0.3 is 0 Å². The van der Waals surface area contributed by atoms with E-state index in [-0.39, 0.29) is 5.54 Å². The first kappa shape index (κ1) is 15.2. The van der Waals surface area contributed by atoms with Crippen molar-refractivity contribution in [1.29, 1.82) is 0 Å². The highest BCUT2D eigenvalue weighted by molar-refractivity contribution is 4.87. The molecule has 0 aliphatic rings. The van der Waals surface area contributed by atoms with E-state index in [2.05, 4.69) is 37.7 Å². The van der Waals surface area contributed by atoms with Gasteiger partial charge in [-0.25, -0.2) is 4.98 Å². The Balaban J connectivity index is 0.000000368. The van der Waals surface area contributed by atoms with E-state index >= 15 is 0 Å². The number of aromatic nitrogens is 2. The number of hydrogen-bond donors (Lipinski definition) is 2. The van der Waals surface area contributed by atoms with Crippen molar-refractivity contribution in [2.45, 2.75) is 58.9 Å². The van der Waals surface area contributed by atoms with Crippen LogP contribution >= 0.6 is 0 Å². The van der Waals surface area contributed by atoms with E-state index in [4.69, 9.17) is 5.73 Å². The van der Waals surface area contributed by atoms with Crippen LogP contribution in [0, 0.1) is 5.92 Å². The molecule has 0 atom stereocenters. The summed E-state index contributed by atoms with van der Waals surface area (Å²) < 4.78 is 0. The van der Waals surface area contributed by atoms with Crippen LogP contribution in [0.1, 0.15) is 53.4 Å². The van der Waals surface area contributed by atoms with Crippen molar-refractivity contribution < 1.29 is 0 Å². The van der Waals surface area contributed by atoms with Crippen LogP contribution in [-0.2, 0) is 0 Å². The molecule has 0 amide bonds. The van der Waals surface area contributed by atoms with Crippen molar-refractivity contribution in [3.63, 3.8) is 0 Å². The minimum absolute atomic E-state index is 0.101. The number of nitrogens with zero attached hydrogens (tertiary/aromatic N) is 1. The van der Waals surface area contributed by atoms with Gasteiger partial charge in [-0.05, 0) is 18.8 Å². The molecule has 0 aliphatic heterocycles. The summed E-state index contributed by atoms with van der Waals surface area (Å²) in [5, 5.41) is 0. The highest BCUT2D eigenvalue weighted by atomic mass is 14.8. The summed E-state index contributed by atoms with van der Waals surface area (Å²) in [6.45, 7) is 8.87. The van der Waals surface area contributed by atoms with Gasteiger partial charge < -0.3 is 10.7 Å². The van der Waals surface area contributed by atoms with Gasteiger partial charge in [0.05, 0.1) is 6.33 Å². The lowest BCUT2D eigenvalue weighted by Gasteiger charge is -2.35. The fourth-order valence-corrected chi connectivity index (χ4v) is 2.14. The second-order valence-electron chi connectivity index (χ2n) is 4.21. The average molecular weight is 225 g/mol. The number of rotatable bonds is 5. The Bertz CT molecular complexity index is 206. The molecule has 0 spiro atoms. The third kappa shape index (κ3) is 4.79. The van der Waals surface area contributed by atoms with Gasteiger partial charge in [-0.3, -0.25) is 0 Å². The molecular weight excluding hydrogens is 198 g/mol. The molecule has 0 saturated carbocycles. The van der Waals surface area contributed by atoms with E-state index in [1.807, 2.05) is 0 Å². The molecule has 0 radical (unpaired) electrons. The van der Waals surface area contributed by atoms with E-state index in [0.29, 0.717) is 5.92 Å². The molecule has 1 heterocycles. The van der Waals surface area contributed by atoms with Gasteiger partial charge in [0.1, 0.15) is 0 Å². The molecule has 1 aromatic heterocycles. The lowest BCUT2D eigenvalue weighted by atomic mass is 9.77. The predicted octanol–water partition coefficient (Wildman–Crippen LogP) is 3.35. The zero-order valence-electron chi connectivity index (χ0n) is 11.2. The number of aromatic amines is 1. The molecule has 94 valence electrons. The van der Waals surface area contributed by atoms with E-state index in [9.17, 15) is 0 Å². The SMILES string of the molecule is CCC(CC)C(N)(CC)CC.c1c[nH]cn1. The monoisotopic (exact) mass is 225 g/mol. The van der Waals surface area contributed by atoms with Crippen LogP contribution in [0.15, 0.2) is 18.7 Å². The third-order valence-corrected chi connectivity index (χ3v) is 3.52. The minimum Gasteiger partial charge on any atom is -0.351 e. The molecule has 0 bridgehead atoms. The van der Waals surface area contributed by atoms with Crippen molar-refractivity contribution in [3.05, 3.63) is 18.7 Å². The average Bonchev–Trinajstić information content (AvgIpc) is 2.89. The molecule has 1 aromatic rings. The lowest BCUT2D eigenvalue weighted by molar-refractivity contribution is 0.237. The van der Waals surface area contributed by atoms with Crippen molar-refractivity contribution in [2.75, 3.05) is 0 Å². The Morgan fingerprint density at radius 1 is 1.19 bits per heavy atom. The molecule has 0 saturated heterocycles. The quantitative estimate of drug-likeness (QED) is 0.807. The normalized spacial score (nSPS) is 11.1. The fourth-order valence-electron chi connectivity index (χ4n) is 2.14.